The smallest absolute Gasteiger partial charge is 0.0933 e. The van der Waals surface area contributed by atoms with Crippen molar-refractivity contribution < 1.29 is 9.47 Å². The second kappa shape index (κ2) is 6.15. The van der Waals surface area contributed by atoms with Crippen LogP contribution in [0.5, 0.6) is 0 Å². The van der Waals surface area contributed by atoms with Crippen LogP contribution in [0.1, 0.15) is 11.1 Å². The molecule has 3 heteroatoms. The number of rotatable bonds is 4. The average molecular weight is 235 g/mol. The molecule has 2 unspecified atom stereocenters. The van der Waals surface area contributed by atoms with Gasteiger partial charge in [-0.25, -0.2) is 0 Å². The highest BCUT2D eigenvalue weighted by Crippen LogP contribution is 2.09. The first-order valence-corrected chi connectivity index (χ1v) is 6.21. The zero-order valence-electron chi connectivity index (χ0n) is 10.6. The Bertz CT molecular complexity index is 317. The lowest BCUT2D eigenvalue weighted by molar-refractivity contribution is 0.373. The van der Waals surface area contributed by atoms with Crippen LogP contribution in [0, 0.1) is 13.8 Å². The molecule has 0 aliphatic carbocycles. The fourth-order valence-corrected chi connectivity index (χ4v) is 1.58. The first-order chi connectivity index (χ1) is 8.24. The van der Waals surface area contributed by atoms with Crippen LogP contribution in [0.4, 0.5) is 0 Å². The summed E-state index contributed by atoms with van der Waals surface area (Å²) in [6, 6.07) is 8.45. The molecule has 0 radical (unpaired) electrons. The quantitative estimate of drug-likeness (QED) is 0.807. The van der Waals surface area contributed by atoms with E-state index in [4.69, 9.17) is 9.47 Å². The van der Waals surface area contributed by atoms with Crippen LogP contribution in [-0.4, -0.2) is 38.5 Å². The minimum Gasteiger partial charge on any atom is -0.372 e. The topological polar surface area (TPSA) is 37.1 Å². The van der Waals surface area contributed by atoms with Gasteiger partial charge in [0.2, 0.25) is 0 Å². The average Bonchev–Trinajstić information content (AvgIpc) is 3.13. The molecule has 0 saturated carbocycles. The van der Waals surface area contributed by atoms with Crippen molar-refractivity contribution >= 4 is 0 Å². The van der Waals surface area contributed by atoms with E-state index >= 15 is 0 Å². The van der Waals surface area contributed by atoms with Crippen LogP contribution in [-0.2, 0) is 9.47 Å². The van der Waals surface area contributed by atoms with Crippen LogP contribution in [0.15, 0.2) is 24.3 Å². The summed E-state index contributed by atoms with van der Waals surface area (Å²) >= 11 is 0. The van der Waals surface area contributed by atoms with Crippen molar-refractivity contribution in [2.45, 2.75) is 26.1 Å². The monoisotopic (exact) mass is 235 g/mol. The number of ether oxygens (including phenoxy) is 2. The van der Waals surface area contributed by atoms with E-state index in [2.05, 4.69) is 43.4 Å². The summed E-state index contributed by atoms with van der Waals surface area (Å²) in [5.41, 5.74) is 2.68. The van der Waals surface area contributed by atoms with E-state index in [1.165, 1.54) is 11.1 Å². The molecule has 2 saturated heterocycles. The Labute approximate surface area is 103 Å². The molecule has 0 aromatic heterocycles. The molecule has 2 atom stereocenters. The summed E-state index contributed by atoms with van der Waals surface area (Å²) in [7, 11) is 0. The van der Waals surface area contributed by atoms with Gasteiger partial charge in [0, 0.05) is 13.1 Å². The number of benzene rings is 1. The molecule has 3 nitrogen and oxygen atoms in total. The molecule has 3 rings (SSSR count). The van der Waals surface area contributed by atoms with Gasteiger partial charge >= 0.3 is 0 Å². The maximum absolute atomic E-state index is 5.01. The van der Waals surface area contributed by atoms with Crippen molar-refractivity contribution in [3.63, 3.8) is 0 Å². The molecular formula is C14H21NO2. The van der Waals surface area contributed by atoms with E-state index in [1.54, 1.807) is 0 Å². The van der Waals surface area contributed by atoms with Crippen molar-refractivity contribution in [1.82, 2.24) is 5.32 Å². The third-order valence-corrected chi connectivity index (χ3v) is 2.72. The van der Waals surface area contributed by atoms with E-state index in [1.807, 2.05) is 0 Å². The predicted octanol–water partition coefficient (Wildman–Crippen LogP) is 1.68. The lowest BCUT2D eigenvalue weighted by Gasteiger charge is -1.95. The van der Waals surface area contributed by atoms with Gasteiger partial charge in [-0.2, -0.15) is 0 Å². The third kappa shape index (κ3) is 5.82. The number of hydrogen-bond donors (Lipinski definition) is 1. The molecule has 2 aliphatic rings. The van der Waals surface area contributed by atoms with Crippen LogP contribution >= 0.6 is 0 Å². The van der Waals surface area contributed by atoms with E-state index in [9.17, 15) is 0 Å². The van der Waals surface area contributed by atoms with Gasteiger partial charge < -0.3 is 14.8 Å². The van der Waals surface area contributed by atoms with Gasteiger partial charge in [0.05, 0.1) is 25.4 Å². The summed E-state index contributed by atoms with van der Waals surface area (Å²) in [5, 5.41) is 3.26. The standard InChI is InChI=1S/C8H10.C6H11NO2/c1-7-4-3-5-8(2)6-7;1(5-3-8-5)7-2-6-4-9-6/h3-6H,1-2H3;5-7H,1-4H2. The number of epoxide rings is 2. The second-order valence-electron chi connectivity index (χ2n) is 4.73. The van der Waals surface area contributed by atoms with E-state index in [-0.39, 0.29) is 0 Å². The lowest BCUT2D eigenvalue weighted by atomic mass is 10.2. The first-order valence-electron chi connectivity index (χ1n) is 6.21. The zero-order chi connectivity index (χ0) is 12.1. The van der Waals surface area contributed by atoms with Gasteiger partial charge in [0.25, 0.3) is 0 Å². The SMILES string of the molecule is C(NCC1CO1)C1CO1.Cc1cccc(C)c1. The van der Waals surface area contributed by atoms with Gasteiger partial charge in [-0.05, 0) is 13.8 Å². The summed E-state index contributed by atoms with van der Waals surface area (Å²) in [5.74, 6) is 0. The third-order valence-electron chi connectivity index (χ3n) is 2.72. The second-order valence-corrected chi connectivity index (χ2v) is 4.73. The predicted molar refractivity (Wildman–Crippen MR) is 68.3 cm³/mol. The minimum absolute atomic E-state index is 0.503. The summed E-state index contributed by atoms with van der Waals surface area (Å²) < 4.78 is 10.0. The van der Waals surface area contributed by atoms with Crippen molar-refractivity contribution in [3.05, 3.63) is 35.4 Å². The Kier molecular flexibility index (Phi) is 4.54. The Balaban J connectivity index is 0.000000128. The molecule has 0 spiro atoms. The van der Waals surface area contributed by atoms with Crippen LogP contribution < -0.4 is 5.32 Å². The molecule has 0 amide bonds. The Morgan fingerprint density at radius 1 is 1.06 bits per heavy atom. The molecule has 1 N–H and O–H groups in total. The highest BCUT2D eigenvalue weighted by atomic mass is 16.6. The van der Waals surface area contributed by atoms with Crippen LogP contribution in [0.3, 0.4) is 0 Å². The zero-order valence-corrected chi connectivity index (χ0v) is 10.6. The van der Waals surface area contributed by atoms with E-state index in [0.29, 0.717) is 12.2 Å². The Morgan fingerprint density at radius 3 is 1.82 bits per heavy atom. The molecule has 1 aromatic carbocycles. The summed E-state index contributed by atoms with van der Waals surface area (Å²) in [4.78, 5) is 0. The van der Waals surface area contributed by atoms with E-state index in [0.717, 1.165) is 26.3 Å². The number of nitrogens with one attached hydrogen (secondary N) is 1. The molecule has 0 bridgehead atoms. The van der Waals surface area contributed by atoms with Gasteiger partial charge in [-0.15, -0.1) is 0 Å². The molecule has 2 fully saturated rings. The highest BCUT2D eigenvalue weighted by Gasteiger charge is 2.25. The van der Waals surface area contributed by atoms with Crippen LogP contribution in [0.25, 0.3) is 0 Å². The molecule has 2 heterocycles. The van der Waals surface area contributed by atoms with Crippen molar-refractivity contribution in [2.24, 2.45) is 0 Å². The molecule has 2 aliphatic heterocycles. The Hall–Kier alpha value is -0.900. The number of aryl methyl sites for hydroxylation is 2. The fourth-order valence-electron chi connectivity index (χ4n) is 1.58. The molecule has 94 valence electrons. The number of hydrogen-bond acceptors (Lipinski definition) is 3. The lowest BCUT2D eigenvalue weighted by Crippen LogP contribution is -2.24. The fraction of sp³-hybridized carbons (Fsp3) is 0.571. The van der Waals surface area contributed by atoms with Gasteiger partial charge in [-0.1, -0.05) is 35.4 Å². The molecule has 1 aromatic rings. The van der Waals surface area contributed by atoms with Gasteiger partial charge in [0.15, 0.2) is 0 Å². The van der Waals surface area contributed by atoms with Crippen molar-refractivity contribution in [3.8, 4) is 0 Å². The van der Waals surface area contributed by atoms with Crippen molar-refractivity contribution in [2.75, 3.05) is 26.3 Å². The normalized spacial score (nSPS) is 24.8. The maximum Gasteiger partial charge on any atom is 0.0933 e. The van der Waals surface area contributed by atoms with E-state index < -0.39 is 0 Å². The first kappa shape index (κ1) is 12.6. The maximum atomic E-state index is 5.01. The summed E-state index contributed by atoms with van der Waals surface area (Å²) in [6.45, 7) is 8.09. The molecular weight excluding hydrogens is 214 g/mol. The summed E-state index contributed by atoms with van der Waals surface area (Å²) in [6.07, 6.45) is 1.01. The van der Waals surface area contributed by atoms with Crippen molar-refractivity contribution in [1.29, 1.82) is 0 Å². The highest BCUT2D eigenvalue weighted by molar-refractivity contribution is 5.20. The molecule has 17 heavy (non-hydrogen) atoms. The minimum atomic E-state index is 0.503. The van der Waals surface area contributed by atoms with Gasteiger partial charge in [-0.3, -0.25) is 0 Å². The Morgan fingerprint density at radius 2 is 1.53 bits per heavy atom. The van der Waals surface area contributed by atoms with Gasteiger partial charge in [0.1, 0.15) is 0 Å². The largest absolute Gasteiger partial charge is 0.372 e. The van der Waals surface area contributed by atoms with Crippen LogP contribution in [0.2, 0.25) is 0 Å².